The molecule has 4 rings (SSSR count). The highest BCUT2D eigenvalue weighted by Gasteiger charge is 2.20. The Bertz CT molecular complexity index is 1080. The first kappa shape index (κ1) is 19.3. The van der Waals surface area contributed by atoms with E-state index < -0.39 is 5.91 Å². The van der Waals surface area contributed by atoms with Gasteiger partial charge in [-0.25, -0.2) is 0 Å². The van der Waals surface area contributed by atoms with Gasteiger partial charge in [0.25, 0.3) is 11.8 Å². The molecule has 0 saturated heterocycles. The van der Waals surface area contributed by atoms with Gasteiger partial charge in [-0.1, -0.05) is 30.7 Å². The number of carbonyl (C=O) groups excluding carboxylic acids is 2. The van der Waals surface area contributed by atoms with Gasteiger partial charge in [0.05, 0.1) is 5.02 Å². The van der Waals surface area contributed by atoms with Gasteiger partial charge in [0.2, 0.25) is 0 Å². The summed E-state index contributed by atoms with van der Waals surface area (Å²) in [4.78, 5) is 27.9. The molecule has 3 N–H and O–H groups in total. The molecule has 2 amide bonds. The first-order valence-electron chi connectivity index (χ1n) is 9.61. The van der Waals surface area contributed by atoms with E-state index in [0.29, 0.717) is 22.3 Å². The van der Waals surface area contributed by atoms with Crippen molar-refractivity contribution in [2.75, 3.05) is 6.61 Å². The summed E-state index contributed by atoms with van der Waals surface area (Å²) in [6.07, 6.45) is 3.22. The van der Waals surface area contributed by atoms with E-state index in [-0.39, 0.29) is 12.5 Å². The minimum Gasteiger partial charge on any atom is -0.482 e. The zero-order chi connectivity index (χ0) is 20.4. The molecule has 1 atom stereocenters. The Balaban J connectivity index is 1.38. The molecule has 7 heteroatoms. The molecule has 1 aliphatic rings. The predicted octanol–water partition coefficient (Wildman–Crippen LogP) is 3.79. The molecule has 0 saturated carbocycles. The van der Waals surface area contributed by atoms with Crippen LogP contribution in [0.5, 0.6) is 5.75 Å². The maximum absolute atomic E-state index is 12.5. The Morgan fingerprint density at radius 2 is 2.03 bits per heavy atom. The van der Waals surface area contributed by atoms with Crippen molar-refractivity contribution < 1.29 is 14.3 Å². The summed E-state index contributed by atoms with van der Waals surface area (Å²) in [7, 11) is 0. The number of H-pyrrole nitrogens is 1. The second-order valence-corrected chi connectivity index (χ2v) is 7.82. The van der Waals surface area contributed by atoms with Gasteiger partial charge in [0.15, 0.2) is 6.61 Å². The van der Waals surface area contributed by atoms with Gasteiger partial charge in [0.1, 0.15) is 5.75 Å². The average Bonchev–Trinajstić information content (AvgIpc) is 3.08. The highest BCUT2D eigenvalue weighted by atomic mass is 35.5. The summed E-state index contributed by atoms with van der Waals surface area (Å²) in [6, 6.07) is 12.4. The number of fused-ring (bicyclic) bond motifs is 3. The van der Waals surface area contributed by atoms with Gasteiger partial charge < -0.3 is 9.72 Å². The number of benzene rings is 2. The summed E-state index contributed by atoms with van der Waals surface area (Å²) >= 11 is 5.98. The van der Waals surface area contributed by atoms with Crippen LogP contribution in [0.15, 0.2) is 42.5 Å². The van der Waals surface area contributed by atoms with E-state index in [2.05, 4.69) is 22.8 Å². The SMILES string of the molecule is C[C@H]1CCc2[nH]c3ccc(C(=O)NNC(=O)COc4ccccc4Cl)cc3c2C1. The van der Waals surface area contributed by atoms with Crippen molar-refractivity contribution in [1.82, 2.24) is 15.8 Å². The van der Waals surface area contributed by atoms with Crippen molar-refractivity contribution in [3.63, 3.8) is 0 Å². The number of hydrogen-bond acceptors (Lipinski definition) is 3. The second kappa shape index (κ2) is 8.17. The summed E-state index contributed by atoms with van der Waals surface area (Å²) in [5, 5.41) is 1.49. The number of aromatic nitrogens is 1. The quantitative estimate of drug-likeness (QED) is 0.571. The molecule has 0 aliphatic heterocycles. The zero-order valence-corrected chi connectivity index (χ0v) is 16.8. The normalized spacial score (nSPS) is 15.6. The third kappa shape index (κ3) is 4.22. The summed E-state index contributed by atoms with van der Waals surface area (Å²) < 4.78 is 5.36. The Labute approximate surface area is 173 Å². The van der Waals surface area contributed by atoms with Gasteiger partial charge >= 0.3 is 0 Å². The van der Waals surface area contributed by atoms with Gasteiger partial charge in [0, 0.05) is 22.2 Å². The lowest BCUT2D eigenvalue weighted by atomic mass is 9.87. The molecule has 0 unspecified atom stereocenters. The van der Waals surface area contributed by atoms with Crippen LogP contribution in [0.3, 0.4) is 0 Å². The molecule has 150 valence electrons. The molecular weight excluding hydrogens is 390 g/mol. The number of para-hydroxylation sites is 1. The van der Waals surface area contributed by atoms with Crippen molar-refractivity contribution >= 4 is 34.3 Å². The number of rotatable bonds is 4. The van der Waals surface area contributed by atoms with E-state index in [1.807, 2.05) is 12.1 Å². The van der Waals surface area contributed by atoms with Crippen molar-refractivity contribution in [3.8, 4) is 5.75 Å². The molecule has 0 spiro atoms. The molecular formula is C22H22ClN3O3. The van der Waals surface area contributed by atoms with Crippen LogP contribution in [0.4, 0.5) is 0 Å². The number of carbonyl (C=O) groups is 2. The lowest BCUT2D eigenvalue weighted by Crippen LogP contribution is -2.43. The van der Waals surface area contributed by atoms with E-state index >= 15 is 0 Å². The highest BCUT2D eigenvalue weighted by molar-refractivity contribution is 6.32. The van der Waals surface area contributed by atoms with Crippen molar-refractivity contribution in [2.24, 2.45) is 5.92 Å². The van der Waals surface area contributed by atoms with E-state index in [1.54, 1.807) is 30.3 Å². The molecule has 0 fully saturated rings. The zero-order valence-electron chi connectivity index (χ0n) is 16.0. The number of aryl methyl sites for hydroxylation is 1. The number of amides is 2. The summed E-state index contributed by atoms with van der Waals surface area (Å²) in [5.74, 6) is 0.188. The highest BCUT2D eigenvalue weighted by Crippen LogP contribution is 2.32. The Kier molecular flexibility index (Phi) is 5.45. The Morgan fingerprint density at radius 3 is 2.86 bits per heavy atom. The van der Waals surface area contributed by atoms with Crippen LogP contribution in [0.2, 0.25) is 5.02 Å². The Hall–Kier alpha value is -2.99. The van der Waals surface area contributed by atoms with Gasteiger partial charge in [-0.05, 0) is 61.1 Å². The van der Waals surface area contributed by atoms with E-state index in [9.17, 15) is 9.59 Å². The maximum Gasteiger partial charge on any atom is 0.276 e. The largest absolute Gasteiger partial charge is 0.482 e. The number of hydrogen-bond donors (Lipinski definition) is 3. The van der Waals surface area contributed by atoms with Crippen LogP contribution in [0.25, 0.3) is 10.9 Å². The number of aromatic amines is 1. The third-order valence-electron chi connectivity index (χ3n) is 5.21. The topological polar surface area (TPSA) is 83.2 Å². The van der Waals surface area contributed by atoms with Crippen molar-refractivity contribution in [1.29, 1.82) is 0 Å². The van der Waals surface area contributed by atoms with Gasteiger partial charge in [-0.3, -0.25) is 20.4 Å². The van der Waals surface area contributed by atoms with Crippen molar-refractivity contribution in [3.05, 3.63) is 64.3 Å². The standard InChI is InChI=1S/C22H22ClN3O3/c1-13-6-8-18-15(10-13)16-11-14(7-9-19(16)24-18)22(28)26-25-21(27)12-29-20-5-3-2-4-17(20)23/h2-5,7,9,11,13,24H,6,8,10,12H2,1H3,(H,25,27)(H,26,28)/t13-/m0/s1. The molecule has 0 bridgehead atoms. The van der Waals surface area contributed by atoms with Crippen molar-refractivity contribution in [2.45, 2.75) is 26.2 Å². The first-order valence-corrected chi connectivity index (χ1v) is 9.99. The monoisotopic (exact) mass is 411 g/mol. The van der Waals surface area contributed by atoms with Gasteiger partial charge in [-0.15, -0.1) is 0 Å². The van der Waals surface area contributed by atoms with E-state index in [1.165, 1.54) is 17.7 Å². The van der Waals surface area contributed by atoms with Crippen LogP contribution >= 0.6 is 11.6 Å². The van der Waals surface area contributed by atoms with Crippen LogP contribution in [0.1, 0.15) is 35.0 Å². The van der Waals surface area contributed by atoms with Crippen LogP contribution in [-0.2, 0) is 17.6 Å². The fraction of sp³-hybridized carbons (Fsp3) is 0.273. The smallest absolute Gasteiger partial charge is 0.276 e. The van der Waals surface area contributed by atoms with Crippen LogP contribution < -0.4 is 15.6 Å². The molecule has 29 heavy (non-hydrogen) atoms. The van der Waals surface area contributed by atoms with Gasteiger partial charge in [-0.2, -0.15) is 0 Å². The fourth-order valence-corrected chi connectivity index (χ4v) is 3.86. The molecule has 6 nitrogen and oxygen atoms in total. The Morgan fingerprint density at radius 1 is 1.21 bits per heavy atom. The summed E-state index contributed by atoms with van der Waals surface area (Å²) in [6.45, 7) is 1.99. The van der Waals surface area contributed by atoms with E-state index in [4.69, 9.17) is 16.3 Å². The molecule has 0 radical (unpaired) electrons. The fourth-order valence-electron chi connectivity index (χ4n) is 3.67. The summed E-state index contributed by atoms with van der Waals surface area (Å²) in [5.41, 5.74) is 8.89. The molecule has 1 heterocycles. The third-order valence-corrected chi connectivity index (χ3v) is 5.52. The number of nitrogens with one attached hydrogen (secondary N) is 3. The maximum atomic E-state index is 12.5. The molecule has 1 aliphatic carbocycles. The lowest BCUT2D eigenvalue weighted by Gasteiger charge is -2.18. The lowest BCUT2D eigenvalue weighted by molar-refractivity contribution is -0.123. The number of hydrazine groups is 1. The van der Waals surface area contributed by atoms with E-state index in [0.717, 1.165) is 23.7 Å². The average molecular weight is 412 g/mol. The molecule has 3 aromatic rings. The molecule has 2 aromatic carbocycles. The predicted molar refractivity (Wildman–Crippen MR) is 112 cm³/mol. The first-order chi connectivity index (χ1) is 14.0. The molecule has 1 aromatic heterocycles. The minimum absolute atomic E-state index is 0.258. The van der Waals surface area contributed by atoms with Crippen LogP contribution in [0, 0.1) is 5.92 Å². The number of halogens is 1. The second-order valence-electron chi connectivity index (χ2n) is 7.41. The minimum atomic E-state index is -0.479. The number of ether oxygens (including phenoxy) is 1. The van der Waals surface area contributed by atoms with Crippen LogP contribution in [-0.4, -0.2) is 23.4 Å².